The highest BCUT2D eigenvalue weighted by molar-refractivity contribution is 6.30. The van der Waals surface area contributed by atoms with Crippen LogP contribution in [0.3, 0.4) is 0 Å². The third-order valence-corrected chi connectivity index (χ3v) is 6.09. The molecule has 0 aliphatic rings. The molecule has 0 radical (unpaired) electrons. The maximum absolute atomic E-state index is 13.3. The largest absolute Gasteiger partial charge is 0.350 e. The van der Waals surface area contributed by atoms with E-state index in [4.69, 9.17) is 11.6 Å². The highest BCUT2D eigenvalue weighted by atomic mass is 35.5. The number of aromatic nitrogens is 3. The number of amides is 1. The topological polar surface area (TPSA) is 68.9 Å². The minimum Gasteiger partial charge on any atom is -0.350 e. The fourth-order valence-electron chi connectivity index (χ4n) is 4.19. The minimum absolute atomic E-state index is 0.0923. The second kappa shape index (κ2) is 9.01. The number of carbonyl (C=O) groups is 1. The number of fused-ring (bicyclic) bond motifs is 1. The van der Waals surface area contributed by atoms with E-state index in [2.05, 4.69) is 10.4 Å². The lowest BCUT2D eigenvalue weighted by Gasteiger charge is -2.21. The van der Waals surface area contributed by atoms with Crippen molar-refractivity contribution in [1.29, 1.82) is 0 Å². The van der Waals surface area contributed by atoms with Crippen molar-refractivity contribution in [1.82, 2.24) is 19.7 Å². The summed E-state index contributed by atoms with van der Waals surface area (Å²) in [5.74, 6) is -0.0923. The third kappa shape index (κ3) is 3.94. The van der Waals surface area contributed by atoms with Crippen LogP contribution in [-0.2, 0) is 11.3 Å². The van der Waals surface area contributed by atoms with Gasteiger partial charge in [-0.1, -0.05) is 48.9 Å². The second-order valence-electron chi connectivity index (χ2n) is 7.79. The number of aryl methyl sites for hydroxylation is 2. The van der Waals surface area contributed by atoms with Crippen molar-refractivity contribution in [2.75, 3.05) is 0 Å². The van der Waals surface area contributed by atoms with Crippen LogP contribution in [-0.4, -0.2) is 20.3 Å². The van der Waals surface area contributed by atoms with Gasteiger partial charge in [0.05, 0.1) is 17.3 Å². The first-order valence-electron chi connectivity index (χ1n) is 10.6. The lowest BCUT2D eigenvalue weighted by atomic mass is 10.1. The molecule has 0 aliphatic heterocycles. The quantitative estimate of drug-likeness (QED) is 0.463. The summed E-state index contributed by atoms with van der Waals surface area (Å²) in [5.41, 5.74) is 3.11. The van der Waals surface area contributed by atoms with Crippen molar-refractivity contribution in [2.24, 2.45) is 0 Å². The molecular weight excluding hydrogens is 424 g/mol. The van der Waals surface area contributed by atoms with E-state index >= 15 is 0 Å². The van der Waals surface area contributed by atoms with Gasteiger partial charge in [0.15, 0.2) is 0 Å². The van der Waals surface area contributed by atoms with Crippen molar-refractivity contribution in [3.8, 4) is 5.69 Å². The molecule has 0 saturated heterocycles. The number of halogens is 1. The van der Waals surface area contributed by atoms with Gasteiger partial charge in [0.1, 0.15) is 6.04 Å². The van der Waals surface area contributed by atoms with Gasteiger partial charge >= 0.3 is 0 Å². The lowest BCUT2D eigenvalue weighted by molar-refractivity contribution is -0.124. The lowest BCUT2D eigenvalue weighted by Crippen LogP contribution is -2.32. The van der Waals surface area contributed by atoms with E-state index in [0.717, 1.165) is 22.3 Å². The fraction of sp³-hybridized carbons (Fsp3) is 0.240. The fourth-order valence-corrected chi connectivity index (χ4v) is 4.32. The molecule has 1 amide bonds. The van der Waals surface area contributed by atoms with Gasteiger partial charge < -0.3 is 9.88 Å². The Labute approximate surface area is 191 Å². The van der Waals surface area contributed by atoms with Gasteiger partial charge in [0, 0.05) is 28.3 Å². The Bertz CT molecular complexity index is 1320. The first kappa shape index (κ1) is 21.8. The highest BCUT2D eigenvalue weighted by Gasteiger charge is 2.25. The zero-order valence-electron chi connectivity index (χ0n) is 18.3. The molecular formula is C25H25ClN4O2. The Hall–Kier alpha value is -3.38. The van der Waals surface area contributed by atoms with Crippen molar-refractivity contribution in [3.63, 3.8) is 0 Å². The molecule has 2 aromatic carbocycles. The molecule has 32 heavy (non-hydrogen) atoms. The van der Waals surface area contributed by atoms with E-state index in [1.807, 2.05) is 67.8 Å². The number of nitrogens with one attached hydrogen (secondary N) is 1. The molecule has 4 aromatic rings. The summed E-state index contributed by atoms with van der Waals surface area (Å²) in [6, 6.07) is 16.3. The maximum atomic E-state index is 13.3. The third-order valence-electron chi connectivity index (χ3n) is 5.83. The molecule has 0 fully saturated rings. The van der Waals surface area contributed by atoms with Gasteiger partial charge in [-0.3, -0.25) is 9.59 Å². The van der Waals surface area contributed by atoms with Gasteiger partial charge in [-0.05, 0) is 50.1 Å². The number of hydrogen-bond acceptors (Lipinski definition) is 3. The van der Waals surface area contributed by atoms with Crippen LogP contribution in [0.25, 0.3) is 16.5 Å². The molecule has 0 saturated carbocycles. The van der Waals surface area contributed by atoms with E-state index in [9.17, 15) is 9.59 Å². The SMILES string of the molecule is CCC(C(=O)NCc1ccc(Cl)cc1)n1c(C)c2cnn(-c3ccccc3)c(=O)c2c1C. The summed E-state index contributed by atoms with van der Waals surface area (Å²) in [4.78, 5) is 26.4. The number of rotatable bonds is 6. The molecule has 1 atom stereocenters. The van der Waals surface area contributed by atoms with Crippen molar-refractivity contribution < 1.29 is 4.79 Å². The van der Waals surface area contributed by atoms with Gasteiger partial charge in [-0.2, -0.15) is 9.78 Å². The van der Waals surface area contributed by atoms with Crippen LogP contribution < -0.4 is 10.9 Å². The Morgan fingerprint density at radius 2 is 1.75 bits per heavy atom. The van der Waals surface area contributed by atoms with E-state index in [-0.39, 0.29) is 11.5 Å². The molecule has 0 aliphatic carbocycles. The molecule has 0 bridgehead atoms. The van der Waals surface area contributed by atoms with Gasteiger partial charge in [-0.15, -0.1) is 0 Å². The summed E-state index contributed by atoms with van der Waals surface area (Å²) in [5, 5.41) is 9.42. The predicted octanol–water partition coefficient (Wildman–Crippen LogP) is 4.72. The Morgan fingerprint density at radius 1 is 1.06 bits per heavy atom. The van der Waals surface area contributed by atoms with Crippen LogP contribution in [0.5, 0.6) is 0 Å². The standard InChI is InChI=1S/C25H25ClN4O2/c1-4-22(24(31)27-14-18-10-12-19(26)13-11-18)29-16(2)21-15-28-30(20-8-6-5-7-9-20)25(32)23(21)17(29)3/h5-13,15,22H,4,14H2,1-3H3,(H,27,31). The van der Waals surface area contributed by atoms with E-state index in [0.29, 0.717) is 29.1 Å². The average Bonchev–Trinajstić information content (AvgIpc) is 3.06. The van der Waals surface area contributed by atoms with Crippen LogP contribution >= 0.6 is 11.6 Å². The summed E-state index contributed by atoms with van der Waals surface area (Å²) in [7, 11) is 0. The maximum Gasteiger partial charge on any atom is 0.281 e. The zero-order chi connectivity index (χ0) is 22.8. The molecule has 6 nitrogen and oxygen atoms in total. The number of carbonyl (C=O) groups excluding carboxylic acids is 1. The van der Waals surface area contributed by atoms with E-state index in [1.165, 1.54) is 4.68 Å². The molecule has 2 aromatic heterocycles. The molecule has 4 rings (SSSR count). The first-order valence-corrected chi connectivity index (χ1v) is 11.0. The molecule has 0 spiro atoms. The summed E-state index contributed by atoms with van der Waals surface area (Å²) < 4.78 is 3.36. The summed E-state index contributed by atoms with van der Waals surface area (Å²) >= 11 is 5.94. The first-order chi connectivity index (χ1) is 15.4. The summed E-state index contributed by atoms with van der Waals surface area (Å²) in [6.45, 7) is 6.20. The average molecular weight is 449 g/mol. The molecule has 1 N–H and O–H groups in total. The van der Waals surface area contributed by atoms with E-state index in [1.54, 1.807) is 18.3 Å². The number of nitrogens with zero attached hydrogens (tertiary/aromatic N) is 3. The van der Waals surface area contributed by atoms with Crippen LogP contribution in [0, 0.1) is 13.8 Å². The zero-order valence-corrected chi connectivity index (χ0v) is 19.1. The van der Waals surface area contributed by atoms with E-state index < -0.39 is 6.04 Å². The Morgan fingerprint density at radius 3 is 2.41 bits per heavy atom. The van der Waals surface area contributed by atoms with Crippen LogP contribution in [0.15, 0.2) is 65.6 Å². The van der Waals surface area contributed by atoms with Crippen molar-refractivity contribution >= 4 is 28.3 Å². The number of para-hydroxylation sites is 1. The second-order valence-corrected chi connectivity index (χ2v) is 8.23. The molecule has 1 unspecified atom stereocenters. The minimum atomic E-state index is -0.431. The highest BCUT2D eigenvalue weighted by Crippen LogP contribution is 2.28. The van der Waals surface area contributed by atoms with Gasteiger partial charge in [0.25, 0.3) is 5.56 Å². The number of hydrogen-bond donors (Lipinski definition) is 1. The predicted molar refractivity (Wildman–Crippen MR) is 127 cm³/mol. The van der Waals surface area contributed by atoms with Gasteiger partial charge in [0.2, 0.25) is 5.91 Å². The van der Waals surface area contributed by atoms with Crippen LogP contribution in [0.1, 0.15) is 36.3 Å². The Balaban J connectivity index is 1.70. The van der Waals surface area contributed by atoms with Gasteiger partial charge in [-0.25, -0.2) is 0 Å². The summed E-state index contributed by atoms with van der Waals surface area (Å²) in [6.07, 6.45) is 2.30. The molecule has 2 heterocycles. The molecule has 164 valence electrons. The normalized spacial score (nSPS) is 12.1. The smallest absolute Gasteiger partial charge is 0.281 e. The van der Waals surface area contributed by atoms with Crippen LogP contribution in [0.2, 0.25) is 5.02 Å². The van der Waals surface area contributed by atoms with Crippen molar-refractivity contribution in [2.45, 2.75) is 39.8 Å². The Kier molecular flexibility index (Phi) is 6.15. The van der Waals surface area contributed by atoms with Crippen LogP contribution in [0.4, 0.5) is 0 Å². The molecule has 7 heteroatoms. The van der Waals surface area contributed by atoms with Crippen molar-refractivity contribution in [3.05, 3.63) is 93.1 Å². The monoisotopic (exact) mass is 448 g/mol. The number of benzene rings is 2.